The third-order valence-electron chi connectivity index (χ3n) is 11.1. The van der Waals surface area contributed by atoms with Gasteiger partial charge in [0.25, 0.3) is 0 Å². The van der Waals surface area contributed by atoms with Crippen molar-refractivity contribution in [3.63, 3.8) is 0 Å². The summed E-state index contributed by atoms with van der Waals surface area (Å²) >= 11 is 0. The van der Waals surface area contributed by atoms with Gasteiger partial charge in [-0.3, -0.25) is 0 Å². The molecule has 53 heavy (non-hydrogen) atoms. The maximum absolute atomic E-state index is 12.9. The molecule has 298 valence electrons. The summed E-state index contributed by atoms with van der Waals surface area (Å²) in [7, 11) is -9.13. The molecule has 0 nitrogen and oxygen atoms in total. The van der Waals surface area contributed by atoms with Crippen LogP contribution in [0.15, 0.2) is 110 Å². The summed E-state index contributed by atoms with van der Waals surface area (Å²) in [5, 5.41) is 0. The predicted octanol–water partition coefficient (Wildman–Crippen LogP) is 15.5. The van der Waals surface area contributed by atoms with Gasteiger partial charge < -0.3 is 0 Å². The monoisotopic (exact) mass is 830 g/mol. The summed E-state index contributed by atoms with van der Waals surface area (Å²) in [6.07, 6.45) is -4.49. The minimum absolute atomic E-state index is 0.0633. The minimum atomic E-state index is -4.07. The summed E-state index contributed by atoms with van der Waals surface area (Å²) in [5.41, 5.74) is 14.1. The third-order valence-corrected chi connectivity index (χ3v) is 37.1. The van der Waals surface area contributed by atoms with Crippen LogP contribution in [0.1, 0.15) is 30.9 Å². The molecule has 2 aromatic rings. The standard InChI is InChI=1S/C26H40Si3.C18H37F3Si3/c1-9-27(3,4)21-26(24-17-13-11-14-18-24,25-19-15-12-16-20-25)22-29(7,8)23-28(5,6)10-2;1-10-22(4,5)14-17(3,12-13-18(19,20)21)15-24(8,9)16-23(6,7)11-2/h9-20H,1-2,21-23H2,3-8H3;10-11H,1-2,12-16H2,3-9H3. The number of hydrogen-bond donors (Lipinski definition) is 0. The second-order valence-corrected chi connectivity index (χ2v) is 51.3. The number of rotatable bonds is 20. The van der Waals surface area contributed by atoms with Crippen molar-refractivity contribution in [2.24, 2.45) is 5.41 Å². The van der Waals surface area contributed by atoms with Gasteiger partial charge in [-0.15, -0.1) is 49.1 Å². The van der Waals surface area contributed by atoms with Gasteiger partial charge >= 0.3 is 6.18 Å². The summed E-state index contributed by atoms with van der Waals surface area (Å²) < 4.78 is 38.6. The molecule has 0 aliphatic carbocycles. The Balaban J connectivity index is 0.000000541. The van der Waals surface area contributed by atoms with Gasteiger partial charge in [0, 0.05) is 28.0 Å². The molecule has 0 aliphatic heterocycles. The first-order chi connectivity index (χ1) is 23.9. The van der Waals surface area contributed by atoms with E-state index in [1.54, 1.807) is 0 Å². The Morgan fingerprint density at radius 3 is 1.15 bits per heavy atom. The molecule has 9 heteroatoms. The smallest absolute Gasteiger partial charge is 0.171 e. The van der Waals surface area contributed by atoms with Crippen LogP contribution in [0.3, 0.4) is 0 Å². The summed E-state index contributed by atoms with van der Waals surface area (Å²) in [5.74, 6) is 0. The van der Waals surface area contributed by atoms with Crippen molar-refractivity contribution in [3.05, 3.63) is 121 Å². The van der Waals surface area contributed by atoms with E-state index >= 15 is 0 Å². The minimum Gasteiger partial charge on any atom is -0.171 e. The van der Waals surface area contributed by atoms with E-state index in [4.69, 9.17) is 0 Å². The van der Waals surface area contributed by atoms with Crippen LogP contribution in [-0.2, 0) is 5.41 Å². The molecule has 1 unspecified atom stereocenters. The van der Waals surface area contributed by atoms with E-state index in [-0.39, 0.29) is 17.3 Å². The van der Waals surface area contributed by atoms with Crippen LogP contribution in [0.2, 0.25) is 114 Å². The highest BCUT2D eigenvalue weighted by Crippen LogP contribution is 2.48. The molecular formula is C44H77F3Si6. The SMILES string of the molecule is C=C[Si](C)(C)CC(C)(CCC(F)(F)F)C[Si](C)(C)C[Si](C)(C)C=C.C=C[Si](C)(C)CC(C[Si](C)(C)C[Si](C)(C)C=C)(c1ccccc1)c1ccccc1. The lowest BCUT2D eigenvalue weighted by atomic mass is 9.77. The number of hydrogen-bond acceptors (Lipinski definition) is 0. The maximum Gasteiger partial charge on any atom is 0.389 e. The molecule has 0 saturated carbocycles. The Labute approximate surface area is 331 Å². The maximum atomic E-state index is 12.9. The molecular weight excluding hydrogens is 754 g/mol. The van der Waals surface area contributed by atoms with Crippen molar-refractivity contribution in [2.45, 2.75) is 145 Å². The van der Waals surface area contributed by atoms with Crippen molar-refractivity contribution < 1.29 is 13.2 Å². The van der Waals surface area contributed by atoms with Crippen molar-refractivity contribution in [3.8, 4) is 0 Å². The molecule has 0 N–H and O–H groups in total. The van der Waals surface area contributed by atoms with E-state index in [0.717, 1.165) is 12.1 Å². The first-order valence-electron chi connectivity index (χ1n) is 19.6. The molecule has 0 saturated heterocycles. The van der Waals surface area contributed by atoms with E-state index in [2.05, 4.69) is 190 Å². The van der Waals surface area contributed by atoms with Crippen LogP contribution in [0.25, 0.3) is 0 Å². The van der Waals surface area contributed by atoms with Crippen molar-refractivity contribution in [2.75, 3.05) is 0 Å². The van der Waals surface area contributed by atoms with Gasteiger partial charge in [-0.25, -0.2) is 0 Å². The zero-order valence-corrected chi connectivity index (χ0v) is 42.2. The highest BCUT2D eigenvalue weighted by atomic mass is 28.4. The molecule has 2 aromatic carbocycles. The van der Waals surface area contributed by atoms with Crippen LogP contribution in [-0.4, -0.2) is 54.6 Å². The molecule has 0 aromatic heterocycles. The molecule has 0 radical (unpaired) electrons. The van der Waals surface area contributed by atoms with Gasteiger partial charge in [-0.2, -0.15) is 13.2 Å². The Morgan fingerprint density at radius 2 is 0.811 bits per heavy atom. The van der Waals surface area contributed by atoms with E-state index in [9.17, 15) is 13.2 Å². The molecule has 1 atom stereocenters. The Morgan fingerprint density at radius 1 is 0.472 bits per heavy atom. The third kappa shape index (κ3) is 17.9. The first kappa shape index (κ1) is 49.5. The van der Waals surface area contributed by atoms with Crippen LogP contribution in [0.4, 0.5) is 13.2 Å². The lowest BCUT2D eigenvalue weighted by molar-refractivity contribution is -0.139. The molecule has 0 heterocycles. The van der Waals surface area contributed by atoms with Crippen LogP contribution in [0, 0.1) is 5.41 Å². The highest BCUT2D eigenvalue weighted by molar-refractivity contribution is 6.98. The van der Waals surface area contributed by atoms with Gasteiger partial charge in [0.05, 0.1) is 32.3 Å². The fraction of sp³-hybridized carbons (Fsp3) is 0.545. The van der Waals surface area contributed by atoms with Crippen LogP contribution in [0.5, 0.6) is 0 Å². The average molecular weight is 832 g/mol. The molecule has 0 amide bonds. The lowest BCUT2D eigenvalue weighted by Crippen LogP contribution is -2.47. The Hall–Kier alpha value is -1.51. The molecule has 0 bridgehead atoms. The average Bonchev–Trinajstić information content (AvgIpc) is 3.02. The summed E-state index contributed by atoms with van der Waals surface area (Å²) in [6.45, 7) is 47.3. The number of alkyl halides is 3. The van der Waals surface area contributed by atoms with E-state index in [1.165, 1.54) is 34.5 Å². The predicted molar refractivity (Wildman–Crippen MR) is 252 cm³/mol. The quantitative estimate of drug-likeness (QED) is 0.117. The molecule has 0 spiro atoms. The topological polar surface area (TPSA) is 0 Å². The number of halogens is 3. The van der Waals surface area contributed by atoms with Crippen molar-refractivity contribution >= 4 is 48.4 Å². The first-order valence-corrected chi connectivity index (χ1v) is 39.6. The summed E-state index contributed by atoms with van der Waals surface area (Å²) in [4.78, 5) is 0. The summed E-state index contributed by atoms with van der Waals surface area (Å²) in [6, 6.07) is 26.9. The number of benzene rings is 2. The Bertz CT molecular complexity index is 1420. The van der Waals surface area contributed by atoms with Crippen LogP contribution < -0.4 is 0 Å². The molecule has 2 rings (SSSR count). The Kier molecular flexibility index (Phi) is 17.8. The normalized spacial score (nSPS) is 14.7. The molecule has 0 aliphatic rings. The zero-order valence-electron chi connectivity index (χ0n) is 36.2. The van der Waals surface area contributed by atoms with E-state index in [0.29, 0.717) is 0 Å². The van der Waals surface area contributed by atoms with Crippen molar-refractivity contribution in [1.82, 2.24) is 0 Å². The lowest BCUT2D eigenvalue weighted by Gasteiger charge is -2.45. The second kappa shape index (κ2) is 19.1. The second-order valence-electron chi connectivity index (χ2n) is 20.9. The molecule has 0 fully saturated rings. The van der Waals surface area contributed by atoms with E-state index < -0.39 is 61.0 Å². The van der Waals surface area contributed by atoms with Crippen LogP contribution >= 0.6 is 0 Å². The van der Waals surface area contributed by atoms with Crippen molar-refractivity contribution in [1.29, 1.82) is 0 Å². The van der Waals surface area contributed by atoms with Gasteiger partial charge in [-0.1, -0.05) is 164 Å². The van der Waals surface area contributed by atoms with E-state index in [1.807, 2.05) is 5.70 Å². The fourth-order valence-electron chi connectivity index (χ4n) is 9.57. The zero-order chi connectivity index (χ0) is 41.2. The largest absolute Gasteiger partial charge is 0.389 e. The van der Waals surface area contributed by atoms with Gasteiger partial charge in [-0.05, 0) is 41.1 Å². The van der Waals surface area contributed by atoms with Gasteiger partial charge in [0.15, 0.2) is 0 Å². The van der Waals surface area contributed by atoms with Gasteiger partial charge in [0.1, 0.15) is 0 Å². The fourth-order valence-corrected chi connectivity index (χ4v) is 41.6. The highest BCUT2D eigenvalue weighted by Gasteiger charge is 2.45. The van der Waals surface area contributed by atoms with Gasteiger partial charge in [0.2, 0.25) is 0 Å².